The number of nitrogens with zero attached hydrogens (tertiary/aromatic N) is 2. The summed E-state index contributed by atoms with van der Waals surface area (Å²) < 4.78 is 0. The van der Waals surface area contributed by atoms with Gasteiger partial charge in [0.2, 0.25) is 11.8 Å². The fourth-order valence-electron chi connectivity index (χ4n) is 3.19. The summed E-state index contributed by atoms with van der Waals surface area (Å²) in [4.78, 5) is 30.3. The third-order valence-electron chi connectivity index (χ3n) is 4.78. The van der Waals surface area contributed by atoms with Crippen molar-refractivity contribution in [1.29, 1.82) is 0 Å². The van der Waals surface area contributed by atoms with Gasteiger partial charge in [-0.25, -0.2) is 0 Å². The molecule has 0 radical (unpaired) electrons. The summed E-state index contributed by atoms with van der Waals surface area (Å²) in [5, 5.41) is 9.13. The number of hydrogen-bond donors (Lipinski definition) is 3. The van der Waals surface area contributed by atoms with Crippen molar-refractivity contribution in [3.63, 3.8) is 0 Å². The molecule has 0 aromatic heterocycles. The first kappa shape index (κ1) is 23.9. The van der Waals surface area contributed by atoms with Crippen molar-refractivity contribution in [2.24, 2.45) is 15.8 Å². The van der Waals surface area contributed by atoms with Crippen LogP contribution < -0.4 is 16.0 Å². The summed E-state index contributed by atoms with van der Waals surface area (Å²) >= 11 is 0. The molecule has 1 fully saturated rings. The van der Waals surface area contributed by atoms with E-state index in [0.717, 1.165) is 25.7 Å². The predicted molar refractivity (Wildman–Crippen MR) is 112 cm³/mol. The number of halogens is 1. The fourth-order valence-corrected chi connectivity index (χ4v) is 3.19. The summed E-state index contributed by atoms with van der Waals surface area (Å²) in [5.41, 5.74) is -0.895. The molecule has 25 heavy (non-hydrogen) atoms. The van der Waals surface area contributed by atoms with Crippen molar-refractivity contribution in [3.05, 3.63) is 0 Å². The van der Waals surface area contributed by atoms with Crippen LogP contribution in [0.15, 0.2) is 4.99 Å². The zero-order chi connectivity index (χ0) is 18.4. The summed E-state index contributed by atoms with van der Waals surface area (Å²) in [5.74, 6) is 0.763. The zero-order valence-corrected chi connectivity index (χ0v) is 18.7. The lowest BCUT2D eigenvalue weighted by molar-refractivity contribution is -0.138. The van der Waals surface area contributed by atoms with Crippen molar-refractivity contribution < 1.29 is 9.59 Å². The van der Waals surface area contributed by atoms with Gasteiger partial charge in [-0.3, -0.25) is 14.6 Å². The SMILES string of the molecule is CN=C(NCC(C)(C)C(=O)NC)NCC1(C(=O)N(C)C)CCCC1.I. The molecular weight excluding hydrogens is 433 g/mol. The van der Waals surface area contributed by atoms with Crippen molar-refractivity contribution in [2.75, 3.05) is 41.3 Å². The van der Waals surface area contributed by atoms with Gasteiger partial charge >= 0.3 is 0 Å². The number of hydrogen-bond acceptors (Lipinski definition) is 3. The lowest BCUT2D eigenvalue weighted by Gasteiger charge is -2.32. The van der Waals surface area contributed by atoms with E-state index in [2.05, 4.69) is 20.9 Å². The average molecular weight is 467 g/mol. The molecule has 0 spiro atoms. The predicted octanol–water partition coefficient (Wildman–Crippen LogP) is 1.19. The highest BCUT2D eigenvalue weighted by molar-refractivity contribution is 14.0. The number of rotatable bonds is 6. The summed E-state index contributed by atoms with van der Waals surface area (Å²) in [6, 6.07) is 0. The van der Waals surface area contributed by atoms with Crippen molar-refractivity contribution in [1.82, 2.24) is 20.9 Å². The highest BCUT2D eigenvalue weighted by Gasteiger charge is 2.42. The molecule has 1 saturated carbocycles. The first-order chi connectivity index (χ1) is 11.2. The summed E-state index contributed by atoms with van der Waals surface area (Å²) in [7, 11) is 6.94. The van der Waals surface area contributed by atoms with Crippen LogP contribution >= 0.6 is 24.0 Å². The maximum absolute atomic E-state index is 12.6. The quantitative estimate of drug-likeness (QED) is 0.311. The van der Waals surface area contributed by atoms with Crippen LogP contribution in [0.4, 0.5) is 0 Å². The van der Waals surface area contributed by atoms with Crippen LogP contribution in [0.1, 0.15) is 39.5 Å². The Labute approximate surface area is 168 Å². The monoisotopic (exact) mass is 467 g/mol. The van der Waals surface area contributed by atoms with Gasteiger partial charge in [-0.2, -0.15) is 0 Å². The smallest absolute Gasteiger partial charge is 0.230 e. The minimum absolute atomic E-state index is 0. The van der Waals surface area contributed by atoms with Crippen LogP contribution in [-0.4, -0.2) is 64.0 Å². The molecule has 0 heterocycles. The molecule has 0 aromatic carbocycles. The van der Waals surface area contributed by atoms with Crippen molar-refractivity contribution >= 4 is 41.8 Å². The summed E-state index contributed by atoms with van der Waals surface area (Å²) in [6.45, 7) is 4.77. The number of nitrogens with one attached hydrogen (secondary N) is 3. The number of carbonyl (C=O) groups is 2. The molecule has 3 N–H and O–H groups in total. The topological polar surface area (TPSA) is 85.8 Å². The highest BCUT2D eigenvalue weighted by atomic mass is 127. The maximum atomic E-state index is 12.6. The number of carbonyl (C=O) groups excluding carboxylic acids is 2. The van der Waals surface area contributed by atoms with Gasteiger partial charge in [-0.05, 0) is 26.7 Å². The molecule has 0 aromatic rings. The van der Waals surface area contributed by atoms with E-state index in [1.54, 1.807) is 33.1 Å². The number of aliphatic imine (C=N–C) groups is 1. The molecule has 0 aliphatic heterocycles. The Hall–Kier alpha value is -1.06. The first-order valence-electron chi connectivity index (χ1n) is 8.57. The van der Waals surface area contributed by atoms with Crippen LogP contribution in [0, 0.1) is 10.8 Å². The highest BCUT2D eigenvalue weighted by Crippen LogP contribution is 2.38. The molecule has 7 nitrogen and oxygen atoms in total. The second-order valence-electron chi connectivity index (χ2n) is 7.43. The van der Waals surface area contributed by atoms with Gasteiger partial charge in [0.1, 0.15) is 0 Å². The lowest BCUT2D eigenvalue weighted by Crippen LogP contribution is -2.51. The average Bonchev–Trinajstić information content (AvgIpc) is 3.03. The van der Waals surface area contributed by atoms with Crippen LogP contribution in [-0.2, 0) is 9.59 Å². The third kappa shape index (κ3) is 6.31. The second-order valence-corrected chi connectivity index (χ2v) is 7.43. The Bertz CT molecular complexity index is 485. The van der Waals surface area contributed by atoms with Crippen molar-refractivity contribution in [3.8, 4) is 0 Å². The van der Waals surface area contributed by atoms with Gasteiger partial charge in [-0.1, -0.05) is 12.8 Å². The Morgan fingerprint density at radius 1 is 1.16 bits per heavy atom. The fraction of sp³-hybridized carbons (Fsp3) is 0.824. The largest absolute Gasteiger partial charge is 0.359 e. The Morgan fingerprint density at radius 2 is 1.72 bits per heavy atom. The van der Waals surface area contributed by atoms with Gasteiger partial charge < -0.3 is 20.9 Å². The zero-order valence-electron chi connectivity index (χ0n) is 16.4. The number of guanidine groups is 1. The van der Waals surface area contributed by atoms with E-state index in [-0.39, 0.29) is 41.2 Å². The van der Waals surface area contributed by atoms with E-state index in [9.17, 15) is 9.59 Å². The molecule has 0 unspecified atom stereocenters. The van der Waals surface area contributed by atoms with Crippen LogP contribution in [0.5, 0.6) is 0 Å². The van der Waals surface area contributed by atoms with E-state index in [1.165, 1.54) is 0 Å². The standard InChI is InChI=1S/C17H33N5O2.HI/c1-16(2,13(23)18-3)11-20-15(19-4)21-12-17(9-7-8-10-17)14(24)22(5)6;/h7-12H2,1-6H3,(H,18,23)(H2,19,20,21);1H. The van der Waals surface area contributed by atoms with Crippen LogP contribution in [0.25, 0.3) is 0 Å². The van der Waals surface area contributed by atoms with Gasteiger partial charge in [0.15, 0.2) is 5.96 Å². The van der Waals surface area contributed by atoms with E-state index < -0.39 is 5.41 Å². The van der Waals surface area contributed by atoms with Crippen LogP contribution in [0.2, 0.25) is 0 Å². The molecule has 0 atom stereocenters. The molecule has 1 aliphatic carbocycles. The van der Waals surface area contributed by atoms with Gasteiger partial charge in [0.25, 0.3) is 0 Å². The van der Waals surface area contributed by atoms with Crippen LogP contribution in [0.3, 0.4) is 0 Å². The molecular formula is C17H34IN5O2. The Morgan fingerprint density at radius 3 is 2.16 bits per heavy atom. The molecule has 0 bridgehead atoms. The van der Waals surface area contributed by atoms with E-state index in [4.69, 9.17) is 0 Å². The maximum Gasteiger partial charge on any atom is 0.230 e. The second kappa shape index (κ2) is 10.2. The molecule has 1 aliphatic rings. The molecule has 0 saturated heterocycles. The minimum atomic E-state index is -0.545. The minimum Gasteiger partial charge on any atom is -0.359 e. The van der Waals surface area contributed by atoms with E-state index in [1.807, 2.05) is 13.8 Å². The Kier molecular flexibility index (Phi) is 9.75. The first-order valence-corrected chi connectivity index (χ1v) is 8.57. The molecule has 1 rings (SSSR count). The van der Waals surface area contributed by atoms with E-state index in [0.29, 0.717) is 19.0 Å². The molecule has 2 amide bonds. The molecule has 146 valence electrons. The van der Waals surface area contributed by atoms with Crippen molar-refractivity contribution in [2.45, 2.75) is 39.5 Å². The lowest BCUT2D eigenvalue weighted by atomic mass is 9.84. The third-order valence-corrected chi connectivity index (χ3v) is 4.78. The summed E-state index contributed by atoms with van der Waals surface area (Å²) in [6.07, 6.45) is 3.96. The van der Waals surface area contributed by atoms with E-state index >= 15 is 0 Å². The van der Waals surface area contributed by atoms with Gasteiger partial charge in [0.05, 0.1) is 10.8 Å². The normalized spacial score (nSPS) is 16.6. The number of amides is 2. The van der Waals surface area contributed by atoms with Gasteiger partial charge in [-0.15, -0.1) is 24.0 Å². The Balaban J connectivity index is 0.00000576. The van der Waals surface area contributed by atoms with Gasteiger partial charge in [0, 0.05) is 41.3 Å². The molecule has 8 heteroatoms.